The molecule has 3 nitrogen and oxygen atoms in total. The number of allylic oxidation sites excluding steroid dienone is 1. The molecule has 1 aliphatic carbocycles. The van der Waals surface area contributed by atoms with Crippen LogP contribution in [0.15, 0.2) is 12.2 Å². The lowest BCUT2D eigenvalue weighted by Gasteiger charge is -2.18. The summed E-state index contributed by atoms with van der Waals surface area (Å²) in [6, 6.07) is 0.183. The Hall–Kier alpha value is -0.830. The molecule has 3 heteroatoms. The van der Waals surface area contributed by atoms with E-state index in [1.807, 2.05) is 6.08 Å². The number of quaternary nitrogens is 1. The lowest BCUT2D eigenvalue weighted by atomic mass is 9.89. The summed E-state index contributed by atoms with van der Waals surface area (Å²) in [6.45, 7) is 0. The van der Waals surface area contributed by atoms with E-state index in [1.54, 1.807) is 0 Å². The molecule has 0 bridgehead atoms. The predicted molar refractivity (Wildman–Crippen MR) is 37.7 cm³/mol. The van der Waals surface area contributed by atoms with Crippen molar-refractivity contribution >= 4 is 5.91 Å². The van der Waals surface area contributed by atoms with Crippen molar-refractivity contribution in [2.75, 3.05) is 0 Å². The highest BCUT2D eigenvalue weighted by atomic mass is 16.1. The Labute approximate surface area is 60.1 Å². The van der Waals surface area contributed by atoms with Gasteiger partial charge in [0.1, 0.15) is 0 Å². The third-order valence-electron chi connectivity index (χ3n) is 1.93. The van der Waals surface area contributed by atoms with Crippen LogP contribution in [-0.2, 0) is 4.79 Å². The van der Waals surface area contributed by atoms with Gasteiger partial charge in [-0.1, -0.05) is 12.2 Å². The van der Waals surface area contributed by atoms with Gasteiger partial charge in [0.25, 0.3) is 0 Å². The molecule has 0 saturated carbocycles. The number of primary amides is 1. The highest BCUT2D eigenvalue weighted by molar-refractivity contribution is 5.77. The number of carbonyl (C=O) groups is 1. The molecule has 1 amide bonds. The summed E-state index contributed by atoms with van der Waals surface area (Å²) in [5.41, 5.74) is 8.99. The number of rotatable bonds is 1. The van der Waals surface area contributed by atoms with Gasteiger partial charge in [0, 0.05) is 6.42 Å². The summed E-state index contributed by atoms with van der Waals surface area (Å²) in [5.74, 6) is -0.255. The third kappa shape index (κ3) is 1.36. The maximum absolute atomic E-state index is 10.7. The second-order valence-corrected chi connectivity index (χ2v) is 2.71. The molecule has 1 aliphatic rings. The van der Waals surface area contributed by atoms with E-state index < -0.39 is 0 Å². The van der Waals surface area contributed by atoms with Gasteiger partial charge in [0.2, 0.25) is 5.91 Å². The normalized spacial score (nSPS) is 32.1. The summed E-state index contributed by atoms with van der Waals surface area (Å²) in [4.78, 5) is 10.7. The predicted octanol–water partition coefficient (Wildman–Crippen LogP) is -0.952. The van der Waals surface area contributed by atoms with Crippen LogP contribution in [0.4, 0.5) is 0 Å². The van der Waals surface area contributed by atoms with Crippen LogP contribution in [-0.4, -0.2) is 11.9 Å². The standard InChI is InChI=1S/C7H12N2O/c8-6-4-2-1-3-5(6)7(9)10/h1-2,5-6H,3-4,8H2,(H2,9,10)/p+1/t5-,6+/m1/s1. The monoisotopic (exact) mass is 141 g/mol. The van der Waals surface area contributed by atoms with Gasteiger partial charge in [0.15, 0.2) is 0 Å². The molecule has 0 radical (unpaired) electrons. The van der Waals surface area contributed by atoms with E-state index in [4.69, 9.17) is 5.73 Å². The fourth-order valence-corrected chi connectivity index (χ4v) is 1.22. The van der Waals surface area contributed by atoms with E-state index in [1.165, 1.54) is 0 Å². The third-order valence-corrected chi connectivity index (χ3v) is 1.93. The van der Waals surface area contributed by atoms with Crippen molar-refractivity contribution < 1.29 is 10.5 Å². The van der Waals surface area contributed by atoms with Crippen molar-refractivity contribution in [2.45, 2.75) is 18.9 Å². The highest BCUT2D eigenvalue weighted by Gasteiger charge is 2.26. The van der Waals surface area contributed by atoms with Crippen LogP contribution in [0.25, 0.3) is 0 Å². The topological polar surface area (TPSA) is 70.7 Å². The maximum Gasteiger partial charge on any atom is 0.226 e. The first-order chi connectivity index (χ1) is 4.72. The Balaban J connectivity index is 2.59. The number of carbonyl (C=O) groups excluding carboxylic acids is 1. The van der Waals surface area contributed by atoms with E-state index >= 15 is 0 Å². The largest absolute Gasteiger partial charge is 0.369 e. The summed E-state index contributed by atoms with van der Waals surface area (Å²) in [5, 5.41) is 0. The maximum atomic E-state index is 10.7. The van der Waals surface area contributed by atoms with E-state index in [0.29, 0.717) is 0 Å². The van der Waals surface area contributed by atoms with E-state index in [0.717, 1.165) is 12.8 Å². The van der Waals surface area contributed by atoms with Crippen LogP contribution in [0.1, 0.15) is 12.8 Å². The van der Waals surface area contributed by atoms with Gasteiger partial charge < -0.3 is 11.5 Å². The Morgan fingerprint density at radius 3 is 2.50 bits per heavy atom. The molecule has 0 aromatic carbocycles. The van der Waals surface area contributed by atoms with Crippen molar-refractivity contribution in [1.29, 1.82) is 0 Å². The smallest absolute Gasteiger partial charge is 0.226 e. The number of hydrogen-bond donors (Lipinski definition) is 2. The SMILES string of the molecule is NC(=O)[C@@H]1CC=CC[C@@H]1[NH3+]. The van der Waals surface area contributed by atoms with Crippen LogP contribution >= 0.6 is 0 Å². The molecule has 0 unspecified atom stereocenters. The van der Waals surface area contributed by atoms with Crippen molar-refractivity contribution in [2.24, 2.45) is 11.7 Å². The number of amides is 1. The van der Waals surface area contributed by atoms with Gasteiger partial charge in [-0.05, 0) is 6.42 Å². The van der Waals surface area contributed by atoms with Crippen molar-refractivity contribution in [3.63, 3.8) is 0 Å². The fraction of sp³-hybridized carbons (Fsp3) is 0.571. The molecule has 0 fully saturated rings. The van der Waals surface area contributed by atoms with Crippen LogP contribution in [0.2, 0.25) is 0 Å². The zero-order valence-corrected chi connectivity index (χ0v) is 5.92. The minimum Gasteiger partial charge on any atom is -0.369 e. The Morgan fingerprint density at radius 1 is 1.50 bits per heavy atom. The summed E-state index contributed by atoms with van der Waals surface area (Å²) in [6.07, 6.45) is 5.70. The molecule has 0 aromatic rings. The second kappa shape index (κ2) is 2.84. The lowest BCUT2D eigenvalue weighted by Crippen LogP contribution is -2.66. The van der Waals surface area contributed by atoms with Crippen LogP contribution < -0.4 is 11.5 Å². The van der Waals surface area contributed by atoms with Crippen LogP contribution in [0.3, 0.4) is 0 Å². The molecule has 0 spiro atoms. The van der Waals surface area contributed by atoms with E-state index in [-0.39, 0.29) is 17.9 Å². The van der Waals surface area contributed by atoms with Gasteiger partial charge in [0.05, 0.1) is 12.0 Å². The average molecular weight is 141 g/mol. The molecule has 2 atom stereocenters. The van der Waals surface area contributed by atoms with Gasteiger partial charge in [-0.3, -0.25) is 4.79 Å². The van der Waals surface area contributed by atoms with Gasteiger partial charge >= 0.3 is 0 Å². The van der Waals surface area contributed by atoms with Gasteiger partial charge in [-0.2, -0.15) is 0 Å². The van der Waals surface area contributed by atoms with E-state index in [9.17, 15) is 4.79 Å². The zero-order valence-electron chi connectivity index (χ0n) is 5.92. The molecular weight excluding hydrogens is 128 g/mol. The summed E-state index contributed by atoms with van der Waals surface area (Å²) < 4.78 is 0. The van der Waals surface area contributed by atoms with Crippen LogP contribution in [0, 0.1) is 5.92 Å². The minimum absolute atomic E-state index is 0.0370. The molecule has 0 aromatic heterocycles. The lowest BCUT2D eigenvalue weighted by molar-refractivity contribution is -0.428. The molecule has 0 heterocycles. The Morgan fingerprint density at radius 2 is 2.10 bits per heavy atom. The second-order valence-electron chi connectivity index (χ2n) is 2.71. The molecule has 10 heavy (non-hydrogen) atoms. The fourth-order valence-electron chi connectivity index (χ4n) is 1.22. The molecule has 5 N–H and O–H groups in total. The first-order valence-electron chi connectivity index (χ1n) is 3.49. The van der Waals surface area contributed by atoms with Crippen LogP contribution in [0.5, 0.6) is 0 Å². The Kier molecular flexibility index (Phi) is 2.06. The Bertz CT molecular complexity index is 165. The molecule has 56 valence electrons. The summed E-state index contributed by atoms with van der Waals surface area (Å²) in [7, 11) is 0. The van der Waals surface area contributed by atoms with Crippen molar-refractivity contribution in [3.8, 4) is 0 Å². The van der Waals surface area contributed by atoms with Gasteiger partial charge in [-0.25, -0.2) is 0 Å². The quantitative estimate of drug-likeness (QED) is 0.454. The van der Waals surface area contributed by atoms with E-state index in [2.05, 4.69) is 11.8 Å². The first kappa shape index (κ1) is 7.28. The first-order valence-corrected chi connectivity index (χ1v) is 3.49. The molecular formula is C7H13N2O+. The molecule has 0 aliphatic heterocycles. The summed E-state index contributed by atoms with van der Waals surface area (Å²) >= 11 is 0. The van der Waals surface area contributed by atoms with Crippen molar-refractivity contribution in [3.05, 3.63) is 12.2 Å². The number of hydrogen-bond acceptors (Lipinski definition) is 1. The number of nitrogens with two attached hydrogens (primary N) is 1. The average Bonchev–Trinajstić information content (AvgIpc) is 1.88. The molecule has 1 rings (SSSR count). The van der Waals surface area contributed by atoms with Gasteiger partial charge in [-0.15, -0.1) is 0 Å². The highest BCUT2D eigenvalue weighted by Crippen LogP contribution is 2.14. The minimum atomic E-state index is -0.218. The van der Waals surface area contributed by atoms with Crippen molar-refractivity contribution in [1.82, 2.24) is 0 Å². The zero-order chi connectivity index (χ0) is 7.56. The molecule has 0 saturated heterocycles.